The summed E-state index contributed by atoms with van der Waals surface area (Å²) in [4.78, 5) is 25.1. The molecule has 0 aliphatic carbocycles. The minimum atomic E-state index is -0.286. The Hall–Kier alpha value is -3.60. The highest BCUT2D eigenvalue weighted by molar-refractivity contribution is 6.08. The van der Waals surface area contributed by atoms with Crippen LogP contribution in [0, 0.1) is 13.8 Å². The molecular weight excluding hydrogens is 352 g/mol. The van der Waals surface area contributed by atoms with Crippen molar-refractivity contribution in [1.29, 1.82) is 0 Å². The van der Waals surface area contributed by atoms with Crippen LogP contribution >= 0.6 is 0 Å². The quantitative estimate of drug-likeness (QED) is 0.673. The Morgan fingerprint density at radius 2 is 1.43 bits per heavy atom. The number of carbonyl (C=O) groups excluding carboxylic acids is 2. The number of nitrogens with one attached hydrogen (secondary N) is 2. The zero-order valence-corrected chi connectivity index (χ0v) is 16.1. The van der Waals surface area contributed by atoms with Crippen molar-refractivity contribution in [3.05, 3.63) is 89.0 Å². The molecule has 142 valence electrons. The van der Waals surface area contributed by atoms with Gasteiger partial charge in [0.15, 0.2) is 0 Å². The second-order valence-electron chi connectivity index (χ2n) is 6.54. The molecule has 0 heterocycles. The zero-order chi connectivity index (χ0) is 20.1. The van der Waals surface area contributed by atoms with Gasteiger partial charge in [0.25, 0.3) is 11.8 Å². The number of benzene rings is 3. The van der Waals surface area contributed by atoms with Crippen molar-refractivity contribution in [1.82, 2.24) is 0 Å². The second-order valence-corrected chi connectivity index (χ2v) is 6.54. The molecule has 3 rings (SSSR count). The first kappa shape index (κ1) is 19.2. The lowest BCUT2D eigenvalue weighted by Gasteiger charge is -2.10. The van der Waals surface area contributed by atoms with Gasteiger partial charge in [-0.15, -0.1) is 0 Å². The molecule has 0 bridgehead atoms. The predicted molar refractivity (Wildman–Crippen MR) is 111 cm³/mol. The molecule has 0 saturated carbocycles. The Bertz CT molecular complexity index is 1010. The van der Waals surface area contributed by atoms with Crippen LogP contribution in [0.15, 0.2) is 66.7 Å². The van der Waals surface area contributed by atoms with Crippen molar-refractivity contribution in [2.24, 2.45) is 0 Å². The van der Waals surface area contributed by atoms with Crippen LogP contribution in [-0.4, -0.2) is 18.9 Å². The minimum absolute atomic E-state index is 0.258. The van der Waals surface area contributed by atoms with E-state index in [1.54, 1.807) is 55.6 Å². The minimum Gasteiger partial charge on any atom is -0.497 e. The maximum absolute atomic E-state index is 12.6. The Morgan fingerprint density at radius 3 is 2.04 bits per heavy atom. The normalized spacial score (nSPS) is 10.2. The predicted octanol–water partition coefficient (Wildman–Crippen LogP) is 4.82. The van der Waals surface area contributed by atoms with Crippen molar-refractivity contribution in [2.45, 2.75) is 13.8 Å². The van der Waals surface area contributed by atoms with Crippen LogP contribution in [0.4, 0.5) is 11.4 Å². The number of methoxy groups -OCH3 is 1. The first-order valence-electron chi connectivity index (χ1n) is 8.90. The summed E-state index contributed by atoms with van der Waals surface area (Å²) in [7, 11) is 1.59. The van der Waals surface area contributed by atoms with Gasteiger partial charge in [-0.1, -0.05) is 23.8 Å². The van der Waals surface area contributed by atoms with Crippen molar-refractivity contribution >= 4 is 23.2 Å². The third-order valence-electron chi connectivity index (χ3n) is 4.36. The fourth-order valence-corrected chi connectivity index (χ4v) is 2.83. The first-order valence-corrected chi connectivity index (χ1v) is 8.90. The highest BCUT2D eigenvalue weighted by Crippen LogP contribution is 2.19. The number of hydrogen-bond donors (Lipinski definition) is 2. The Morgan fingerprint density at radius 1 is 0.786 bits per heavy atom. The molecule has 3 aromatic carbocycles. The van der Waals surface area contributed by atoms with Gasteiger partial charge < -0.3 is 15.4 Å². The van der Waals surface area contributed by atoms with Crippen molar-refractivity contribution in [3.63, 3.8) is 0 Å². The molecule has 0 aliphatic heterocycles. The van der Waals surface area contributed by atoms with Gasteiger partial charge in [-0.2, -0.15) is 0 Å². The van der Waals surface area contributed by atoms with E-state index in [0.717, 1.165) is 16.8 Å². The Balaban J connectivity index is 1.73. The highest BCUT2D eigenvalue weighted by atomic mass is 16.5. The molecule has 5 heteroatoms. The maximum Gasteiger partial charge on any atom is 0.255 e. The molecule has 0 aromatic heterocycles. The lowest BCUT2D eigenvalue weighted by molar-refractivity contribution is 0.102. The zero-order valence-electron chi connectivity index (χ0n) is 16.1. The van der Waals surface area contributed by atoms with Crippen LogP contribution in [-0.2, 0) is 0 Å². The summed E-state index contributed by atoms with van der Waals surface area (Å²) in [5.74, 6) is 0.167. The van der Waals surface area contributed by atoms with E-state index in [4.69, 9.17) is 4.74 Å². The number of carbonyl (C=O) groups is 2. The maximum atomic E-state index is 12.6. The first-order chi connectivity index (χ1) is 13.5. The standard InChI is InChI=1S/C23H22N2O3/c1-15-7-12-21(16(2)13-15)25-23(27)18-6-4-5-17(14-18)22(26)24-19-8-10-20(28-3)11-9-19/h4-14H,1-3H3,(H,24,26)(H,25,27). The molecule has 0 spiro atoms. The SMILES string of the molecule is COc1ccc(NC(=O)c2cccc(C(=O)Nc3ccc(C)cc3C)c2)cc1. The lowest BCUT2D eigenvalue weighted by Crippen LogP contribution is -2.16. The Kier molecular flexibility index (Phi) is 5.75. The summed E-state index contributed by atoms with van der Waals surface area (Å²) in [6.07, 6.45) is 0. The van der Waals surface area contributed by atoms with Crippen molar-refractivity contribution in [3.8, 4) is 5.75 Å². The molecule has 5 nitrogen and oxygen atoms in total. The van der Waals surface area contributed by atoms with Gasteiger partial charge in [0.1, 0.15) is 5.75 Å². The number of hydrogen-bond acceptors (Lipinski definition) is 3. The van der Waals surface area contributed by atoms with Crippen LogP contribution in [0.25, 0.3) is 0 Å². The molecule has 0 saturated heterocycles. The van der Waals surface area contributed by atoms with E-state index in [9.17, 15) is 9.59 Å². The number of anilines is 2. The summed E-state index contributed by atoms with van der Waals surface area (Å²) in [6, 6.07) is 19.5. The van der Waals surface area contributed by atoms with E-state index in [2.05, 4.69) is 10.6 Å². The van der Waals surface area contributed by atoms with Crippen LogP contribution in [0.3, 0.4) is 0 Å². The largest absolute Gasteiger partial charge is 0.497 e. The Labute approximate surface area is 164 Å². The number of amides is 2. The van der Waals surface area contributed by atoms with Gasteiger partial charge in [0.2, 0.25) is 0 Å². The molecule has 2 amide bonds. The lowest BCUT2D eigenvalue weighted by atomic mass is 10.1. The molecule has 2 N–H and O–H groups in total. The summed E-state index contributed by atoms with van der Waals surface area (Å²) in [5.41, 5.74) is 4.35. The number of aryl methyl sites for hydroxylation is 2. The third kappa shape index (κ3) is 4.57. The van der Waals surface area contributed by atoms with E-state index in [1.807, 2.05) is 32.0 Å². The second kappa shape index (κ2) is 8.39. The van der Waals surface area contributed by atoms with Crippen LogP contribution in [0.5, 0.6) is 5.75 Å². The van der Waals surface area contributed by atoms with E-state index in [-0.39, 0.29) is 11.8 Å². The summed E-state index contributed by atoms with van der Waals surface area (Å²) >= 11 is 0. The monoisotopic (exact) mass is 374 g/mol. The van der Waals surface area contributed by atoms with Gasteiger partial charge in [0, 0.05) is 22.5 Å². The van der Waals surface area contributed by atoms with Gasteiger partial charge in [-0.3, -0.25) is 9.59 Å². The summed E-state index contributed by atoms with van der Waals surface area (Å²) in [5, 5.41) is 5.71. The van der Waals surface area contributed by atoms with Gasteiger partial charge in [0.05, 0.1) is 7.11 Å². The fourth-order valence-electron chi connectivity index (χ4n) is 2.83. The van der Waals surface area contributed by atoms with Crippen LogP contribution < -0.4 is 15.4 Å². The fraction of sp³-hybridized carbons (Fsp3) is 0.130. The molecule has 0 unspecified atom stereocenters. The summed E-state index contributed by atoms with van der Waals surface area (Å²) < 4.78 is 5.11. The van der Waals surface area contributed by atoms with Gasteiger partial charge in [-0.25, -0.2) is 0 Å². The molecule has 0 fully saturated rings. The molecule has 0 aliphatic rings. The van der Waals surface area contributed by atoms with Crippen molar-refractivity contribution in [2.75, 3.05) is 17.7 Å². The molecule has 3 aromatic rings. The van der Waals surface area contributed by atoms with Crippen molar-refractivity contribution < 1.29 is 14.3 Å². The molecular formula is C23H22N2O3. The van der Waals surface area contributed by atoms with Gasteiger partial charge >= 0.3 is 0 Å². The van der Waals surface area contributed by atoms with E-state index in [0.29, 0.717) is 22.6 Å². The summed E-state index contributed by atoms with van der Waals surface area (Å²) in [6.45, 7) is 3.95. The molecule has 0 radical (unpaired) electrons. The van der Waals surface area contributed by atoms with E-state index in [1.165, 1.54) is 0 Å². The van der Waals surface area contributed by atoms with Crippen LogP contribution in [0.2, 0.25) is 0 Å². The third-order valence-corrected chi connectivity index (χ3v) is 4.36. The van der Waals surface area contributed by atoms with E-state index < -0.39 is 0 Å². The molecule has 28 heavy (non-hydrogen) atoms. The molecule has 0 atom stereocenters. The van der Waals surface area contributed by atoms with E-state index >= 15 is 0 Å². The average Bonchev–Trinajstić information content (AvgIpc) is 2.70. The van der Waals surface area contributed by atoms with Crippen LogP contribution in [0.1, 0.15) is 31.8 Å². The highest BCUT2D eigenvalue weighted by Gasteiger charge is 2.12. The topological polar surface area (TPSA) is 67.4 Å². The average molecular weight is 374 g/mol. The number of ether oxygens (including phenoxy) is 1. The van der Waals surface area contributed by atoms with Gasteiger partial charge in [-0.05, 0) is 67.9 Å². The number of rotatable bonds is 5. The smallest absolute Gasteiger partial charge is 0.255 e.